The zero-order valence-corrected chi connectivity index (χ0v) is 7.14. The molecule has 0 saturated heterocycles. The van der Waals surface area contributed by atoms with Crippen LogP contribution >= 0.6 is 0 Å². The van der Waals surface area contributed by atoms with Gasteiger partial charge in [-0.25, -0.2) is 0 Å². The number of hydrogen-bond donors (Lipinski definition) is 0. The largest absolute Gasteiger partial charge is 0.137 e. The van der Waals surface area contributed by atoms with Gasteiger partial charge in [0, 0.05) is 0 Å². The van der Waals surface area contributed by atoms with Crippen molar-refractivity contribution in [1.29, 1.82) is 0 Å². The molecule has 10 heavy (non-hydrogen) atoms. The highest BCUT2D eigenvalue weighted by atomic mass is 14.4. The topological polar surface area (TPSA) is 0 Å². The maximum Gasteiger partial charge on any atom is 0.137 e. The van der Waals surface area contributed by atoms with Crippen LogP contribution in [0.4, 0.5) is 0 Å². The molecule has 0 amide bonds. The molecule has 0 aliphatic heterocycles. The third kappa shape index (κ3) is 0.907. The molecule has 2 aliphatic rings. The summed E-state index contributed by atoms with van der Waals surface area (Å²) in [7, 11) is 0. The predicted octanol–water partition coefficient (Wildman–Crippen LogP) is 2.93. The van der Waals surface area contributed by atoms with Gasteiger partial charge in [-0.3, -0.25) is 0 Å². The van der Waals surface area contributed by atoms with Gasteiger partial charge in [-0.2, -0.15) is 0 Å². The lowest BCUT2D eigenvalue weighted by Gasteiger charge is -2.23. The van der Waals surface area contributed by atoms with Crippen LogP contribution in [-0.4, -0.2) is 6.71 Å². The van der Waals surface area contributed by atoms with Crippen LogP contribution < -0.4 is 0 Å². The Morgan fingerprint density at radius 1 is 1.10 bits per heavy atom. The maximum absolute atomic E-state index is 2.39. The molecule has 0 heterocycles. The van der Waals surface area contributed by atoms with Crippen LogP contribution in [0.5, 0.6) is 0 Å². The van der Waals surface area contributed by atoms with E-state index in [2.05, 4.69) is 13.6 Å². The van der Waals surface area contributed by atoms with Gasteiger partial charge < -0.3 is 0 Å². The second kappa shape index (κ2) is 2.28. The molecule has 0 aromatic carbocycles. The molecule has 0 aromatic heterocycles. The lowest BCUT2D eigenvalue weighted by atomic mass is 9.41. The SMILES string of the molecule is CB(C)[C@H]1CC2CCC1C2. The van der Waals surface area contributed by atoms with Crippen LogP contribution in [0, 0.1) is 11.8 Å². The Balaban J connectivity index is 2.02. The summed E-state index contributed by atoms with van der Waals surface area (Å²) >= 11 is 0. The quantitative estimate of drug-likeness (QED) is 0.486. The van der Waals surface area contributed by atoms with Crippen LogP contribution in [0.25, 0.3) is 0 Å². The normalized spacial score (nSPS) is 44.4. The first-order chi connectivity index (χ1) is 4.77. The first-order valence-corrected chi connectivity index (χ1v) is 4.77. The van der Waals surface area contributed by atoms with Gasteiger partial charge in [-0.1, -0.05) is 38.7 Å². The zero-order chi connectivity index (χ0) is 7.14. The average molecular weight is 136 g/mol. The van der Waals surface area contributed by atoms with Gasteiger partial charge >= 0.3 is 0 Å². The highest BCUT2D eigenvalue weighted by molar-refractivity contribution is 6.57. The van der Waals surface area contributed by atoms with Crippen molar-refractivity contribution >= 4 is 6.71 Å². The van der Waals surface area contributed by atoms with E-state index in [0.29, 0.717) is 0 Å². The standard InChI is InChI=1S/C9H17B/c1-10(2)9-6-7-3-4-8(9)5-7/h7-9H,3-6H2,1-2H3/t7?,8?,9-/m0/s1. The first kappa shape index (κ1) is 6.76. The Morgan fingerprint density at radius 3 is 2.20 bits per heavy atom. The van der Waals surface area contributed by atoms with Gasteiger partial charge in [0.1, 0.15) is 6.71 Å². The smallest absolute Gasteiger partial charge is 0.0861 e. The van der Waals surface area contributed by atoms with Crippen LogP contribution in [-0.2, 0) is 0 Å². The van der Waals surface area contributed by atoms with E-state index >= 15 is 0 Å². The molecule has 2 aliphatic carbocycles. The molecule has 0 spiro atoms. The molecule has 0 aromatic rings. The summed E-state index contributed by atoms with van der Waals surface area (Å²) in [6.07, 6.45) is 6.23. The lowest BCUT2D eigenvalue weighted by Crippen LogP contribution is -2.17. The van der Waals surface area contributed by atoms with Gasteiger partial charge in [-0.05, 0) is 18.3 Å². The first-order valence-electron chi connectivity index (χ1n) is 4.77. The van der Waals surface area contributed by atoms with Crippen molar-refractivity contribution in [3.05, 3.63) is 0 Å². The van der Waals surface area contributed by atoms with E-state index in [9.17, 15) is 0 Å². The van der Waals surface area contributed by atoms with Crippen molar-refractivity contribution < 1.29 is 0 Å². The second-order valence-corrected chi connectivity index (χ2v) is 4.58. The minimum atomic E-state index is 0.954. The Labute approximate surface area is 64.5 Å². The highest BCUT2D eigenvalue weighted by Gasteiger charge is 2.40. The molecule has 0 nitrogen and oxygen atoms in total. The van der Waals surface area contributed by atoms with Gasteiger partial charge in [0.15, 0.2) is 0 Å². The predicted molar refractivity (Wildman–Crippen MR) is 46.7 cm³/mol. The average Bonchev–Trinajstić information content (AvgIpc) is 2.44. The van der Waals surface area contributed by atoms with E-state index in [-0.39, 0.29) is 0 Å². The fraction of sp³-hybridized carbons (Fsp3) is 1.00. The van der Waals surface area contributed by atoms with Crippen LogP contribution in [0.2, 0.25) is 19.5 Å². The van der Waals surface area contributed by atoms with E-state index in [1.54, 1.807) is 25.7 Å². The Hall–Kier alpha value is 0.0649. The Morgan fingerprint density at radius 2 is 1.90 bits per heavy atom. The molecule has 0 radical (unpaired) electrons. The molecule has 0 N–H and O–H groups in total. The lowest BCUT2D eigenvalue weighted by molar-refractivity contribution is 0.474. The second-order valence-electron chi connectivity index (χ2n) is 4.58. The van der Waals surface area contributed by atoms with Gasteiger partial charge in [-0.15, -0.1) is 0 Å². The zero-order valence-electron chi connectivity index (χ0n) is 7.14. The summed E-state index contributed by atoms with van der Waals surface area (Å²) < 4.78 is 0. The van der Waals surface area contributed by atoms with E-state index in [0.717, 1.165) is 24.4 Å². The van der Waals surface area contributed by atoms with Crippen molar-refractivity contribution in [1.82, 2.24) is 0 Å². The van der Waals surface area contributed by atoms with E-state index in [4.69, 9.17) is 0 Å². The van der Waals surface area contributed by atoms with Gasteiger partial charge in [0.25, 0.3) is 0 Å². The fourth-order valence-electron chi connectivity index (χ4n) is 3.11. The van der Waals surface area contributed by atoms with Crippen molar-refractivity contribution in [3.63, 3.8) is 0 Å². The molecule has 2 saturated carbocycles. The van der Waals surface area contributed by atoms with E-state index < -0.39 is 0 Å². The summed E-state index contributed by atoms with van der Waals surface area (Å²) in [5, 5.41) is 0. The third-order valence-corrected chi connectivity index (χ3v) is 3.65. The van der Waals surface area contributed by atoms with Crippen molar-refractivity contribution in [2.75, 3.05) is 0 Å². The molecule has 1 heteroatoms. The van der Waals surface area contributed by atoms with Crippen LogP contribution in [0.3, 0.4) is 0 Å². The van der Waals surface area contributed by atoms with Crippen molar-refractivity contribution in [2.24, 2.45) is 11.8 Å². The van der Waals surface area contributed by atoms with Gasteiger partial charge in [0.2, 0.25) is 0 Å². The maximum atomic E-state index is 2.39. The third-order valence-electron chi connectivity index (χ3n) is 3.65. The molecule has 2 fully saturated rings. The van der Waals surface area contributed by atoms with Crippen LogP contribution in [0.15, 0.2) is 0 Å². The number of hydrogen-bond acceptors (Lipinski definition) is 0. The summed E-state index contributed by atoms with van der Waals surface area (Å²) in [5.41, 5.74) is 0. The minimum Gasteiger partial charge on any atom is -0.0861 e. The van der Waals surface area contributed by atoms with Crippen molar-refractivity contribution in [2.45, 2.75) is 45.1 Å². The van der Waals surface area contributed by atoms with Crippen LogP contribution in [0.1, 0.15) is 25.7 Å². The van der Waals surface area contributed by atoms with E-state index in [1.165, 1.54) is 0 Å². The summed E-state index contributed by atoms with van der Waals surface area (Å²) in [4.78, 5) is 0. The summed E-state index contributed by atoms with van der Waals surface area (Å²) in [5.74, 6) is 3.36. The van der Waals surface area contributed by atoms with Crippen molar-refractivity contribution in [3.8, 4) is 0 Å². The summed E-state index contributed by atoms with van der Waals surface area (Å²) in [6.45, 7) is 5.74. The number of fused-ring (bicyclic) bond motifs is 2. The summed E-state index contributed by atoms with van der Waals surface area (Å²) in [6, 6.07) is 0. The molecule has 2 bridgehead atoms. The highest BCUT2D eigenvalue weighted by Crippen LogP contribution is 2.52. The Kier molecular flexibility index (Phi) is 1.54. The number of rotatable bonds is 1. The molecular weight excluding hydrogens is 119 g/mol. The Bertz CT molecular complexity index is 131. The molecule has 56 valence electrons. The molecule has 3 atom stereocenters. The van der Waals surface area contributed by atoms with Gasteiger partial charge in [0.05, 0.1) is 0 Å². The molecular formula is C9H17B. The minimum absolute atomic E-state index is 0.954. The monoisotopic (exact) mass is 136 g/mol. The molecule has 2 unspecified atom stereocenters. The van der Waals surface area contributed by atoms with E-state index in [1.807, 2.05) is 0 Å². The fourth-order valence-corrected chi connectivity index (χ4v) is 3.11. The molecule has 2 rings (SSSR count).